The third kappa shape index (κ3) is 11.9. The summed E-state index contributed by atoms with van der Waals surface area (Å²) in [5.74, 6) is 1.56. The zero-order chi connectivity index (χ0) is 15.1. The van der Waals surface area contributed by atoms with E-state index >= 15 is 0 Å². The van der Waals surface area contributed by atoms with Gasteiger partial charge in [0.15, 0.2) is 8.46 Å². The Bertz CT molecular complexity index is 206. The van der Waals surface area contributed by atoms with Gasteiger partial charge in [0.05, 0.1) is 0 Å². The summed E-state index contributed by atoms with van der Waals surface area (Å²) >= 11 is 0. The second kappa shape index (κ2) is 15.5. The molecular formula is C18H37OP. The van der Waals surface area contributed by atoms with E-state index in [4.69, 9.17) is 0 Å². The standard InChI is InChI=1S/C18H37OP/c1-4-7-9-10-12-14-18(16-20-19)15-17(6-3)13-11-8-5-2/h17-18H,4-16H2,1-3H3. The third-order valence-corrected chi connectivity index (χ3v) is 5.17. The molecule has 0 N–H and O–H groups in total. The average molecular weight is 300 g/mol. The number of unbranched alkanes of at least 4 members (excludes halogenated alkanes) is 6. The summed E-state index contributed by atoms with van der Waals surface area (Å²) in [5, 5.41) is 0. The van der Waals surface area contributed by atoms with Gasteiger partial charge in [-0.25, -0.2) is 0 Å². The van der Waals surface area contributed by atoms with Crippen LogP contribution < -0.4 is 0 Å². The first kappa shape index (κ1) is 20.1. The van der Waals surface area contributed by atoms with Crippen LogP contribution in [0.3, 0.4) is 0 Å². The second-order valence-electron chi connectivity index (χ2n) is 6.39. The summed E-state index contributed by atoms with van der Waals surface area (Å²) in [6.45, 7) is 6.86. The van der Waals surface area contributed by atoms with E-state index in [1.807, 2.05) is 0 Å². The molecule has 2 unspecified atom stereocenters. The molecule has 0 aromatic carbocycles. The molecule has 0 heterocycles. The van der Waals surface area contributed by atoms with Gasteiger partial charge in [0.1, 0.15) is 0 Å². The first-order valence-electron chi connectivity index (χ1n) is 9.07. The highest BCUT2D eigenvalue weighted by Crippen LogP contribution is 2.27. The summed E-state index contributed by atoms with van der Waals surface area (Å²) in [5.41, 5.74) is 0. The first-order chi connectivity index (χ1) is 9.78. The third-order valence-electron chi connectivity index (χ3n) is 4.51. The molecule has 0 aliphatic rings. The molecule has 0 aromatic heterocycles. The fourth-order valence-electron chi connectivity index (χ4n) is 3.07. The van der Waals surface area contributed by atoms with Gasteiger partial charge >= 0.3 is 0 Å². The van der Waals surface area contributed by atoms with Crippen molar-refractivity contribution in [3.8, 4) is 0 Å². The molecule has 20 heavy (non-hydrogen) atoms. The van der Waals surface area contributed by atoms with Gasteiger partial charge in [-0.1, -0.05) is 85.0 Å². The van der Waals surface area contributed by atoms with E-state index in [1.54, 1.807) is 0 Å². The monoisotopic (exact) mass is 300 g/mol. The lowest BCUT2D eigenvalue weighted by molar-refractivity contribution is 0.333. The Morgan fingerprint density at radius 1 is 0.750 bits per heavy atom. The Morgan fingerprint density at radius 3 is 1.90 bits per heavy atom. The maximum Gasteiger partial charge on any atom is 0.155 e. The predicted molar refractivity (Wildman–Crippen MR) is 91.9 cm³/mol. The lowest BCUT2D eigenvalue weighted by atomic mass is 9.86. The minimum absolute atomic E-state index is 0.356. The molecule has 120 valence electrons. The minimum Gasteiger partial charge on any atom is -0.275 e. The Labute approximate surface area is 129 Å². The molecule has 0 amide bonds. The van der Waals surface area contributed by atoms with Crippen molar-refractivity contribution in [2.45, 2.75) is 97.8 Å². The first-order valence-corrected chi connectivity index (χ1v) is 10.1. The van der Waals surface area contributed by atoms with Crippen LogP contribution >= 0.6 is 8.46 Å². The predicted octanol–water partition coefficient (Wildman–Crippen LogP) is 7.25. The average Bonchev–Trinajstić information content (AvgIpc) is 2.46. The number of hydrogen-bond donors (Lipinski definition) is 0. The molecule has 2 heteroatoms. The van der Waals surface area contributed by atoms with Gasteiger partial charge < -0.3 is 0 Å². The zero-order valence-corrected chi connectivity index (χ0v) is 15.1. The van der Waals surface area contributed by atoms with Crippen molar-refractivity contribution in [1.82, 2.24) is 0 Å². The van der Waals surface area contributed by atoms with Crippen molar-refractivity contribution in [3.05, 3.63) is 0 Å². The minimum atomic E-state index is 0.356. The van der Waals surface area contributed by atoms with Crippen molar-refractivity contribution < 1.29 is 4.57 Å². The van der Waals surface area contributed by atoms with Crippen LogP contribution in [0.5, 0.6) is 0 Å². The summed E-state index contributed by atoms with van der Waals surface area (Å²) in [6, 6.07) is 0. The maximum atomic E-state index is 11.0. The van der Waals surface area contributed by atoms with E-state index in [2.05, 4.69) is 20.8 Å². The van der Waals surface area contributed by atoms with Gasteiger partial charge in [-0.3, -0.25) is 4.57 Å². The molecule has 0 fully saturated rings. The lowest BCUT2D eigenvalue weighted by Crippen LogP contribution is -2.10. The van der Waals surface area contributed by atoms with Crippen LogP contribution in [0, 0.1) is 11.8 Å². The van der Waals surface area contributed by atoms with E-state index < -0.39 is 0 Å². The van der Waals surface area contributed by atoms with E-state index in [1.165, 1.54) is 77.0 Å². The molecule has 0 rings (SSSR count). The maximum absolute atomic E-state index is 11.0. The van der Waals surface area contributed by atoms with Gasteiger partial charge in [-0.05, 0) is 24.7 Å². The number of hydrogen-bond acceptors (Lipinski definition) is 1. The van der Waals surface area contributed by atoms with Crippen molar-refractivity contribution in [2.75, 3.05) is 6.16 Å². The topological polar surface area (TPSA) is 17.1 Å². The summed E-state index contributed by atoms with van der Waals surface area (Å²) in [7, 11) is 0.356. The van der Waals surface area contributed by atoms with Crippen LogP contribution in [0.4, 0.5) is 0 Å². The Hall–Kier alpha value is 0.100. The van der Waals surface area contributed by atoms with Gasteiger partial charge in [0.2, 0.25) is 0 Å². The molecule has 0 radical (unpaired) electrons. The summed E-state index contributed by atoms with van der Waals surface area (Å²) in [4.78, 5) is 0. The molecule has 0 saturated heterocycles. The molecule has 0 aromatic rings. The van der Waals surface area contributed by atoms with Crippen LogP contribution in [-0.2, 0) is 4.57 Å². The Balaban J connectivity index is 3.91. The zero-order valence-electron chi connectivity index (χ0n) is 14.2. The van der Waals surface area contributed by atoms with E-state index in [-0.39, 0.29) is 0 Å². The highest BCUT2D eigenvalue weighted by atomic mass is 31.1. The van der Waals surface area contributed by atoms with Crippen LogP contribution in [0.2, 0.25) is 0 Å². The van der Waals surface area contributed by atoms with Crippen molar-refractivity contribution in [3.63, 3.8) is 0 Å². The summed E-state index contributed by atoms with van der Waals surface area (Å²) in [6.07, 6.45) is 17.0. The molecule has 0 spiro atoms. The van der Waals surface area contributed by atoms with E-state index in [0.717, 1.165) is 12.1 Å². The van der Waals surface area contributed by atoms with Crippen molar-refractivity contribution >= 4 is 8.46 Å². The molecular weight excluding hydrogens is 263 g/mol. The van der Waals surface area contributed by atoms with Crippen molar-refractivity contribution in [1.29, 1.82) is 0 Å². The molecule has 0 saturated carbocycles. The summed E-state index contributed by atoms with van der Waals surface area (Å²) < 4.78 is 11.0. The molecule has 2 atom stereocenters. The smallest absolute Gasteiger partial charge is 0.155 e. The molecule has 0 aliphatic carbocycles. The Morgan fingerprint density at radius 2 is 1.30 bits per heavy atom. The Kier molecular flexibility index (Phi) is 15.6. The fraction of sp³-hybridized carbons (Fsp3) is 1.00. The quantitative estimate of drug-likeness (QED) is 0.230. The fourth-order valence-corrected chi connectivity index (χ4v) is 3.61. The van der Waals surface area contributed by atoms with E-state index in [0.29, 0.717) is 14.4 Å². The lowest BCUT2D eigenvalue weighted by Gasteiger charge is -2.21. The van der Waals surface area contributed by atoms with Gasteiger partial charge in [-0.2, -0.15) is 0 Å². The van der Waals surface area contributed by atoms with Gasteiger partial charge in [0.25, 0.3) is 0 Å². The largest absolute Gasteiger partial charge is 0.275 e. The van der Waals surface area contributed by atoms with E-state index in [9.17, 15) is 4.57 Å². The molecule has 1 nitrogen and oxygen atoms in total. The normalized spacial score (nSPS) is 14.6. The van der Waals surface area contributed by atoms with Crippen LogP contribution in [0.1, 0.15) is 97.8 Å². The SMILES string of the molecule is CCCCCCCC(CP=O)CC(CC)CCCCC. The highest BCUT2D eigenvalue weighted by Gasteiger charge is 2.15. The van der Waals surface area contributed by atoms with Crippen molar-refractivity contribution in [2.24, 2.45) is 11.8 Å². The van der Waals surface area contributed by atoms with Crippen LogP contribution in [0.15, 0.2) is 0 Å². The van der Waals surface area contributed by atoms with Crippen LogP contribution in [0.25, 0.3) is 0 Å². The second-order valence-corrected chi connectivity index (χ2v) is 7.01. The number of rotatable bonds is 15. The van der Waals surface area contributed by atoms with Gasteiger partial charge in [-0.15, -0.1) is 0 Å². The molecule has 0 bridgehead atoms. The van der Waals surface area contributed by atoms with Crippen LogP contribution in [-0.4, -0.2) is 6.16 Å². The molecule has 0 aliphatic heterocycles. The van der Waals surface area contributed by atoms with Gasteiger partial charge in [0, 0.05) is 6.16 Å². The highest BCUT2D eigenvalue weighted by molar-refractivity contribution is 7.23.